The van der Waals surface area contributed by atoms with Crippen LogP contribution in [0.4, 0.5) is 4.79 Å². The molecule has 0 atom stereocenters. The van der Waals surface area contributed by atoms with Crippen molar-refractivity contribution in [1.29, 1.82) is 0 Å². The number of aliphatic carboxylic acids is 1. The van der Waals surface area contributed by atoms with Gasteiger partial charge in [0, 0.05) is 0 Å². The Labute approximate surface area is 117 Å². The zero-order valence-electron chi connectivity index (χ0n) is 11.3. The summed E-state index contributed by atoms with van der Waals surface area (Å²) in [6, 6.07) is 8.75. The van der Waals surface area contributed by atoms with Crippen LogP contribution in [0.5, 0.6) is 5.75 Å². The molecule has 1 fully saturated rings. The number of ether oxygens (including phenoxy) is 1. The molecule has 0 aliphatic heterocycles. The average Bonchev–Trinajstić information content (AvgIpc) is 2.39. The number of carboxylic acid groups (broad SMARTS) is 1. The van der Waals surface area contributed by atoms with Gasteiger partial charge >= 0.3 is 12.1 Å². The number of rotatable bonds is 4. The molecular formula is C15H19NO4. The van der Waals surface area contributed by atoms with Crippen molar-refractivity contribution in [3.63, 3.8) is 0 Å². The minimum atomic E-state index is -0.896. The fourth-order valence-corrected chi connectivity index (χ4v) is 2.70. The monoisotopic (exact) mass is 277 g/mol. The first-order chi connectivity index (χ1) is 9.60. The number of nitrogens with one attached hydrogen (secondary N) is 1. The van der Waals surface area contributed by atoms with E-state index in [9.17, 15) is 9.59 Å². The highest BCUT2D eigenvalue weighted by molar-refractivity contribution is 5.74. The van der Waals surface area contributed by atoms with Crippen LogP contribution in [0.25, 0.3) is 0 Å². The standard InChI is InChI=1S/C15H19NO4/c17-13(18)11-15(9-5-2-6-10-15)16-14(19)20-12-7-3-1-4-8-12/h1,3-4,7-8H,2,5-6,9-11H2,(H,16,19)(H,17,18). The first-order valence-corrected chi connectivity index (χ1v) is 6.87. The Morgan fingerprint density at radius 3 is 2.40 bits per heavy atom. The lowest BCUT2D eigenvalue weighted by molar-refractivity contribution is -0.139. The first kappa shape index (κ1) is 14.4. The Hall–Kier alpha value is -2.04. The lowest BCUT2D eigenvalue weighted by Crippen LogP contribution is -2.52. The van der Waals surface area contributed by atoms with Gasteiger partial charge in [0.15, 0.2) is 0 Å². The Morgan fingerprint density at radius 2 is 1.80 bits per heavy atom. The van der Waals surface area contributed by atoms with Crippen LogP contribution in [-0.2, 0) is 4.79 Å². The van der Waals surface area contributed by atoms with Crippen molar-refractivity contribution in [2.24, 2.45) is 0 Å². The van der Waals surface area contributed by atoms with Crippen LogP contribution in [0.15, 0.2) is 30.3 Å². The highest BCUT2D eigenvalue weighted by Crippen LogP contribution is 2.31. The fourth-order valence-electron chi connectivity index (χ4n) is 2.70. The van der Waals surface area contributed by atoms with E-state index in [-0.39, 0.29) is 6.42 Å². The van der Waals surface area contributed by atoms with Crippen molar-refractivity contribution in [2.75, 3.05) is 0 Å². The van der Waals surface area contributed by atoms with Crippen molar-refractivity contribution in [2.45, 2.75) is 44.1 Å². The second-order valence-corrected chi connectivity index (χ2v) is 5.24. The van der Waals surface area contributed by atoms with Crippen molar-refractivity contribution in [3.05, 3.63) is 30.3 Å². The van der Waals surface area contributed by atoms with E-state index in [4.69, 9.17) is 9.84 Å². The Kier molecular flexibility index (Phi) is 4.61. The minimum absolute atomic E-state index is 0.0586. The van der Waals surface area contributed by atoms with Gasteiger partial charge in [-0.2, -0.15) is 0 Å². The van der Waals surface area contributed by atoms with E-state index in [2.05, 4.69) is 5.32 Å². The van der Waals surface area contributed by atoms with Crippen molar-refractivity contribution >= 4 is 12.1 Å². The fraction of sp³-hybridized carbons (Fsp3) is 0.467. The molecule has 0 aromatic heterocycles. The third-order valence-corrected chi connectivity index (χ3v) is 3.62. The average molecular weight is 277 g/mol. The van der Waals surface area contributed by atoms with Gasteiger partial charge in [-0.15, -0.1) is 0 Å². The number of amides is 1. The normalized spacial score (nSPS) is 17.2. The SMILES string of the molecule is O=C(O)CC1(NC(=O)Oc2ccccc2)CCCCC1. The maximum absolute atomic E-state index is 11.9. The molecule has 0 spiro atoms. The van der Waals surface area contributed by atoms with Gasteiger partial charge in [0.25, 0.3) is 0 Å². The van der Waals surface area contributed by atoms with E-state index < -0.39 is 17.6 Å². The quantitative estimate of drug-likeness (QED) is 0.887. The maximum atomic E-state index is 11.9. The van der Waals surface area contributed by atoms with E-state index in [0.29, 0.717) is 18.6 Å². The number of hydrogen-bond acceptors (Lipinski definition) is 3. The van der Waals surface area contributed by atoms with Crippen LogP contribution >= 0.6 is 0 Å². The van der Waals surface area contributed by atoms with Crippen molar-refractivity contribution < 1.29 is 19.4 Å². The summed E-state index contributed by atoms with van der Waals surface area (Å²) in [6.45, 7) is 0. The molecule has 0 radical (unpaired) electrons. The van der Waals surface area contributed by atoms with Crippen LogP contribution in [-0.4, -0.2) is 22.7 Å². The molecule has 5 heteroatoms. The molecule has 1 aliphatic rings. The summed E-state index contributed by atoms with van der Waals surface area (Å²) in [6.07, 6.45) is 3.66. The lowest BCUT2D eigenvalue weighted by atomic mass is 9.79. The van der Waals surface area contributed by atoms with Crippen LogP contribution in [0.1, 0.15) is 38.5 Å². The van der Waals surface area contributed by atoms with Gasteiger partial charge in [0.1, 0.15) is 5.75 Å². The van der Waals surface area contributed by atoms with Crippen LogP contribution in [0, 0.1) is 0 Å². The molecule has 0 heterocycles. The van der Waals surface area contributed by atoms with Gasteiger partial charge in [-0.25, -0.2) is 4.79 Å². The summed E-state index contributed by atoms with van der Waals surface area (Å²) in [5.74, 6) is -0.446. The molecular weight excluding hydrogens is 258 g/mol. The van der Waals surface area contributed by atoms with Gasteiger partial charge < -0.3 is 15.2 Å². The Bertz CT molecular complexity index is 466. The number of hydrogen-bond donors (Lipinski definition) is 2. The second-order valence-electron chi connectivity index (χ2n) is 5.24. The van der Waals surface area contributed by atoms with E-state index in [0.717, 1.165) is 19.3 Å². The summed E-state index contributed by atoms with van der Waals surface area (Å²) in [5.41, 5.74) is -0.671. The molecule has 20 heavy (non-hydrogen) atoms. The van der Waals surface area contributed by atoms with Crippen LogP contribution in [0.2, 0.25) is 0 Å². The number of carbonyl (C=O) groups excluding carboxylic acids is 1. The predicted octanol–water partition coefficient (Wildman–Crippen LogP) is 2.95. The number of carbonyl (C=O) groups is 2. The molecule has 2 N–H and O–H groups in total. The van der Waals surface area contributed by atoms with Gasteiger partial charge in [0.2, 0.25) is 0 Å². The molecule has 0 saturated heterocycles. The number of benzene rings is 1. The van der Waals surface area contributed by atoms with Crippen molar-refractivity contribution in [3.8, 4) is 5.75 Å². The molecule has 1 amide bonds. The molecule has 1 saturated carbocycles. The second kappa shape index (κ2) is 6.41. The van der Waals surface area contributed by atoms with Crippen molar-refractivity contribution in [1.82, 2.24) is 5.32 Å². The Balaban J connectivity index is 2.00. The lowest BCUT2D eigenvalue weighted by Gasteiger charge is -2.36. The largest absolute Gasteiger partial charge is 0.481 e. The molecule has 1 aromatic carbocycles. The molecule has 5 nitrogen and oxygen atoms in total. The van der Waals surface area contributed by atoms with Gasteiger partial charge in [-0.3, -0.25) is 4.79 Å². The third kappa shape index (κ3) is 3.98. The van der Waals surface area contributed by atoms with E-state index in [1.807, 2.05) is 6.07 Å². The zero-order chi connectivity index (χ0) is 14.4. The van der Waals surface area contributed by atoms with Gasteiger partial charge in [-0.1, -0.05) is 37.5 Å². The summed E-state index contributed by atoms with van der Waals surface area (Å²) < 4.78 is 5.18. The highest BCUT2D eigenvalue weighted by atomic mass is 16.6. The minimum Gasteiger partial charge on any atom is -0.481 e. The van der Waals surface area contributed by atoms with Crippen LogP contribution in [0.3, 0.4) is 0 Å². The van der Waals surface area contributed by atoms with Crippen LogP contribution < -0.4 is 10.1 Å². The molecule has 2 rings (SSSR count). The molecule has 0 bridgehead atoms. The summed E-state index contributed by atoms with van der Waals surface area (Å²) in [7, 11) is 0. The third-order valence-electron chi connectivity index (χ3n) is 3.62. The first-order valence-electron chi connectivity index (χ1n) is 6.87. The molecule has 108 valence electrons. The van der Waals surface area contributed by atoms with Gasteiger partial charge in [-0.05, 0) is 25.0 Å². The number of para-hydroxylation sites is 1. The maximum Gasteiger partial charge on any atom is 0.413 e. The summed E-state index contributed by atoms with van der Waals surface area (Å²) >= 11 is 0. The predicted molar refractivity (Wildman–Crippen MR) is 73.7 cm³/mol. The topological polar surface area (TPSA) is 75.6 Å². The zero-order valence-corrected chi connectivity index (χ0v) is 11.3. The summed E-state index contributed by atoms with van der Waals surface area (Å²) in [4.78, 5) is 23.0. The van der Waals surface area contributed by atoms with Gasteiger partial charge in [0.05, 0.1) is 12.0 Å². The van der Waals surface area contributed by atoms with E-state index in [1.54, 1.807) is 24.3 Å². The number of carboxylic acids is 1. The smallest absolute Gasteiger partial charge is 0.413 e. The van der Waals surface area contributed by atoms with E-state index in [1.165, 1.54) is 0 Å². The molecule has 1 aromatic rings. The Morgan fingerprint density at radius 1 is 1.15 bits per heavy atom. The summed E-state index contributed by atoms with van der Waals surface area (Å²) in [5, 5.41) is 11.8. The highest BCUT2D eigenvalue weighted by Gasteiger charge is 2.36. The molecule has 0 unspecified atom stereocenters. The molecule has 1 aliphatic carbocycles. The van der Waals surface area contributed by atoms with E-state index >= 15 is 0 Å².